The highest BCUT2D eigenvalue weighted by Crippen LogP contribution is 2.07. The Hall–Kier alpha value is -1.14. The van der Waals surface area contributed by atoms with Gasteiger partial charge in [-0.05, 0) is 12.8 Å². The third kappa shape index (κ3) is 11.1. The van der Waals surface area contributed by atoms with Crippen LogP contribution < -0.4 is 11.5 Å². The summed E-state index contributed by atoms with van der Waals surface area (Å²) in [5.74, 6) is -1.09. The number of nitrogens with two attached hydrogens (primary N) is 2. The maximum atomic E-state index is 11.2. The molecule has 0 radical (unpaired) electrons. The van der Waals surface area contributed by atoms with Gasteiger partial charge in [0.05, 0.1) is 0 Å². The van der Waals surface area contributed by atoms with E-state index in [1.807, 2.05) is 0 Å². The minimum atomic E-state index is -0.760. The van der Waals surface area contributed by atoms with Crippen LogP contribution in [0, 0.1) is 0 Å². The Morgan fingerprint density at radius 1 is 1.06 bits per heavy atom. The van der Waals surface area contributed by atoms with Crippen molar-refractivity contribution in [1.82, 2.24) is 0 Å². The molecule has 0 saturated carbocycles. The van der Waals surface area contributed by atoms with Gasteiger partial charge in [-0.15, -0.1) is 0 Å². The first-order valence-electron chi connectivity index (χ1n) is 5.93. The smallest absolute Gasteiger partial charge is 0.307 e. The molecular formula is C11H22N2O4. The summed E-state index contributed by atoms with van der Waals surface area (Å²) in [5, 5.41) is 8.41. The first-order chi connectivity index (χ1) is 8.06. The topological polar surface area (TPSA) is 116 Å². The summed E-state index contributed by atoms with van der Waals surface area (Å²) in [6.45, 7) is 0.126. The molecule has 0 spiro atoms. The maximum absolute atomic E-state index is 11.2. The Morgan fingerprint density at radius 3 is 2.12 bits per heavy atom. The first kappa shape index (κ1) is 15.9. The first-order valence-corrected chi connectivity index (χ1v) is 5.93. The van der Waals surface area contributed by atoms with Crippen molar-refractivity contribution in [2.45, 2.75) is 51.2 Å². The normalized spacial score (nSPS) is 12.1. The Morgan fingerprint density at radius 2 is 1.59 bits per heavy atom. The number of carboxylic acid groups (broad SMARTS) is 1. The predicted octanol–water partition coefficient (Wildman–Crippen LogP) is 0.588. The quantitative estimate of drug-likeness (QED) is 0.295. The zero-order valence-corrected chi connectivity index (χ0v) is 10.1. The second-order valence-electron chi connectivity index (χ2n) is 3.93. The van der Waals surface area contributed by atoms with E-state index in [-0.39, 0.29) is 18.9 Å². The molecule has 0 saturated heterocycles. The largest absolute Gasteiger partial charge is 0.481 e. The average Bonchev–Trinajstić information content (AvgIpc) is 2.27. The zero-order valence-electron chi connectivity index (χ0n) is 10.1. The summed E-state index contributed by atoms with van der Waals surface area (Å²) in [6, 6.07) is 0. The Labute approximate surface area is 101 Å². The number of unbranched alkanes of at least 4 members (excludes halogenated alkanes) is 4. The van der Waals surface area contributed by atoms with E-state index < -0.39 is 12.2 Å². The molecule has 1 atom stereocenters. The van der Waals surface area contributed by atoms with Crippen molar-refractivity contribution in [3.63, 3.8) is 0 Å². The number of hydrogen-bond donors (Lipinski definition) is 3. The molecule has 0 aromatic rings. The SMILES string of the molecule is NCC(N)OC(=O)CCCCCCCC(=O)O. The van der Waals surface area contributed by atoms with Crippen molar-refractivity contribution >= 4 is 11.9 Å². The fourth-order valence-corrected chi connectivity index (χ4v) is 1.35. The molecule has 0 aliphatic carbocycles. The van der Waals surface area contributed by atoms with E-state index in [1.54, 1.807) is 0 Å². The lowest BCUT2D eigenvalue weighted by molar-refractivity contribution is -0.148. The van der Waals surface area contributed by atoms with Crippen LogP contribution >= 0.6 is 0 Å². The molecule has 0 aliphatic rings. The van der Waals surface area contributed by atoms with Crippen LogP contribution in [0.3, 0.4) is 0 Å². The highest BCUT2D eigenvalue weighted by molar-refractivity contribution is 5.69. The van der Waals surface area contributed by atoms with E-state index in [0.717, 1.165) is 25.7 Å². The van der Waals surface area contributed by atoms with Crippen molar-refractivity contribution < 1.29 is 19.4 Å². The molecule has 0 bridgehead atoms. The molecule has 0 amide bonds. The minimum Gasteiger partial charge on any atom is -0.481 e. The van der Waals surface area contributed by atoms with Gasteiger partial charge in [0.1, 0.15) is 0 Å². The minimum absolute atomic E-state index is 0.126. The van der Waals surface area contributed by atoms with Crippen molar-refractivity contribution in [2.24, 2.45) is 11.5 Å². The van der Waals surface area contributed by atoms with Crippen LogP contribution in [0.25, 0.3) is 0 Å². The fraction of sp³-hybridized carbons (Fsp3) is 0.818. The van der Waals surface area contributed by atoms with Gasteiger partial charge in [-0.25, -0.2) is 0 Å². The molecule has 17 heavy (non-hydrogen) atoms. The Kier molecular flexibility index (Phi) is 9.37. The average molecular weight is 246 g/mol. The Balaban J connectivity index is 3.27. The second kappa shape index (κ2) is 10.0. The van der Waals surface area contributed by atoms with E-state index in [4.69, 9.17) is 21.3 Å². The van der Waals surface area contributed by atoms with Crippen LogP contribution in [0.1, 0.15) is 44.9 Å². The molecule has 0 heterocycles. The lowest BCUT2D eigenvalue weighted by Crippen LogP contribution is -2.34. The van der Waals surface area contributed by atoms with Gasteiger partial charge < -0.3 is 15.6 Å². The van der Waals surface area contributed by atoms with Gasteiger partial charge >= 0.3 is 11.9 Å². The lowest BCUT2D eigenvalue weighted by atomic mass is 10.1. The van der Waals surface area contributed by atoms with E-state index in [9.17, 15) is 9.59 Å². The van der Waals surface area contributed by atoms with E-state index >= 15 is 0 Å². The molecule has 0 aromatic heterocycles. The van der Waals surface area contributed by atoms with Gasteiger partial charge in [-0.1, -0.05) is 19.3 Å². The van der Waals surface area contributed by atoms with Crippen LogP contribution in [0.2, 0.25) is 0 Å². The number of carbonyl (C=O) groups is 2. The van der Waals surface area contributed by atoms with Crippen LogP contribution in [0.4, 0.5) is 0 Å². The lowest BCUT2D eigenvalue weighted by Gasteiger charge is -2.10. The number of rotatable bonds is 10. The van der Waals surface area contributed by atoms with Crippen LogP contribution in [-0.4, -0.2) is 29.8 Å². The van der Waals surface area contributed by atoms with Crippen molar-refractivity contribution in [1.29, 1.82) is 0 Å². The van der Waals surface area contributed by atoms with Crippen LogP contribution in [0.15, 0.2) is 0 Å². The second-order valence-corrected chi connectivity index (χ2v) is 3.93. The summed E-state index contributed by atoms with van der Waals surface area (Å²) >= 11 is 0. The van der Waals surface area contributed by atoms with Gasteiger partial charge in [0.25, 0.3) is 0 Å². The number of carbonyl (C=O) groups excluding carboxylic acids is 1. The maximum Gasteiger partial charge on any atom is 0.307 e. The summed E-state index contributed by atoms with van der Waals surface area (Å²) in [4.78, 5) is 21.4. The zero-order chi connectivity index (χ0) is 13.1. The number of esters is 1. The van der Waals surface area contributed by atoms with Gasteiger partial charge in [0.2, 0.25) is 0 Å². The number of hydrogen-bond acceptors (Lipinski definition) is 5. The monoisotopic (exact) mass is 246 g/mol. The third-order valence-electron chi connectivity index (χ3n) is 2.29. The fourth-order valence-electron chi connectivity index (χ4n) is 1.35. The molecule has 0 aliphatic heterocycles. The number of carboxylic acids is 1. The van der Waals surface area contributed by atoms with Crippen molar-refractivity contribution in [3.8, 4) is 0 Å². The molecule has 1 unspecified atom stereocenters. The molecule has 0 fully saturated rings. The highest BCUT2D eigenvalue weighted by atomic mass is 16.6. The van der Waals surface area contributed by atoms with E-state index in [1.165, 1.54) is 0 Å². The Bertz CT molecular complexity index is 234. The number of ether oxygens (including phenoxy) is 1. The third-order valence-corrected chi connectivity index (χ3v) is 2.29. The summed E-state index contributed by atoms with van der Waals surface area (Å²) in [7, 11) is 0. The summed E-state index contributed by atoms with van der Waals surface area (Å²) in [5.41, 5.74) is 10.6. The van der Waals surface area contributed by atoms with E-state index in [0.29, 0.717) is 12.8 Å². The number of aliphatic carboxylic acids is 1. The van der Waals surface area contributed by atoms with Gasteiger partial charge in [-0.3, -0.25) is 15.3 Å². The standard InChI is InChI=1S/C11H22N2O4/c12-8-9(13)17-11(16)7-5-3-1-2-4-6-10(14)15/h9H,1-8,12-13H2,(H,14,15). The molecule has 100 valence electrons. The molecule has 6 heteroatoms. The van der Waals surface area contributed by atoms with Gasteiger partial charge in [0, 0.05) is 19.4 Å². The predicted molar refractivity (Wildman–Crippen MR) is 63.1 cm³/mol. The molecule has 6 nitrogen and oxygen atoms in total. The van der Waals surface area contributed by atoms with Crippen molar-refractivity contribution in [2.75, 3.05) is 6.54 Å². The molecule has 0 aromatic carbocycles. The van der Waals surface area contributed by atoms with E-state index in [2.05, 4.69) is 0 Å². The van der Waals surface area contributed by atoms with Gasteiger partial charge in [0.15, 0.2) is 6.23 Å². The highest BCUT2D eigenvalue weighted by Gasteiger charge is 2.07. The molecule has 5 N–H and O–H groups in total. The summed E-state index contributed by atoms with van der Waals surface area (Å²) in [6.07, 6.45) is 3.99. The van der Waals surface area contributed by atoms with Gasteiger partial charge in [-0.2, -0.15) is 0 Å². The summed E-state index contributed by atoms with van der Waals surface area (Å²) < 4.78 is 4.79. The van der Waals surface area contributed by atoms with Crippen molar-refractivity contribution in [3.05, 3.63) is 0 Å². The molecular weight excluding hydrogens is 224 g/mol. The molecule has 0 rings (SSSR count). The van der Waals surface area contributed by atoms with Crippen LogP contribution in [-0.2, 0) is 14.3 Å². The van der Waals surface area contributed by atoms with Crippen LogP contribution in [0.5, 0.6) is 0 Å².